The largest absolute Gasteiger partial charge is 0.497 e. The third-order valence-electron chi connectivity index (χ3n) is 4.52. The molecule has 0 heterocycles. The molecule has 0 radical (unpaired) electrons. The van der Waals surface area contributed by atoms with Crippen molar-refractivity contribution < 1.29 is 18.9 Å². The predicted molar refractivity (Wildman–Crippen MR) is 137 cm³/mol. The van der Waals surface area contributed by atoms with Crippen molar-refractivity contribution in [2.45, 2.75) is 13.1 Å². The number of hydrogen-bond donors (Lipinski definition) is 3. The Morgan fingerprint density at radius 2 is 1.25 bits per heavy atom. The van der Waals surface area contributed by atoms with Gasteiger partial charge in [0.2, 0.25) is 5.75 Å². The standard InChI is InChI=1S/C22H33N3O4.3ClH/c1-26-19-7-5-6-17(14-19)15-24-12-10-23-11-13-25-16-18-8-9-20(27-2)22(29-4)21(18)28-3;;;/h5-9,14,23-25H,10-13,15-16H2,1-4H3;3*1H. The minimum absolute atomic E-state index is 0. The highest BCUT2D eigenvalue weighted by Gasteiger charge is 2.15. The minimum Gasteiger partial charge on any atom is -0.497 e. The average molecular weight is 513 g/mol. The van der Waals surface area contributed by atoms with E-state index in [-0.39, 0.29) is 37.2 Å². The van der Waals surface area contributed by atoms with Crippen LogP contribution >= 0.6 is 37.2 Å². The quantitative estimate of drug-likeness (QED) is 0.335. The van der Waals surface area contributed by atoms with Crippen molar-refractivity contribution in [3.05, 3.63) is 47.5 Å². The second-order valence-corrected chi connectivity index (χ2v) is 6.45. The van der Waals surface area contributed by atoms with Gasteiger partial charge in [-0.25, -0.2) is 0 Å². The van der Waals surface area contributed by atoms with Crippen LogP contribution in [0.2, 0.25) is 0 Å². The number of hydrogen-bond acceptors (Lipinski definition) is 7. The molecule has 2 aromatic carbocycles. The van der Waals surface area contributed by atoms with Crippen molar-refractivity contribution in [1.82, 2.24) is 16.0 Å². The van der Waals surface area contributed by atoms with E-state index in [1.54, 1.807) is 28.4 Å². The molecule has 7 nitrogen and oxygen atoms in total. The van der Waals surface area contributed by atoms with Crippen LogP contribution in [0.3, 0.4) is 0 Å². The molecule has 2 rings (SSSR count). The summed E-state index contributed by atoms with van der Waals surface area (Å²) in [6, 6.07) is 12.0. The molecule has 0 aliphatic heterocycles. The van der Waals surface area contributed by atoms with Crippen molar-refractivity contribution in [2.75, 3.05) is 54.6 Å². The van der Waals surface area contributed by atoms with Gasteiger partial charge in [-0.1, -0.05) is 18.2 Å². The van der Waals surface area contributed by atoms with Gasteiger partial charge in [-0.2, -0.15) is 0 Å². The Hall–Kier alpha value is -1.61. The van der Waals surface area contributed by atoms with Gasteiger partial charge in [0.25, 0.3) is 0 Å². The van der Waals surface area contributed by atoms with E-state index < -0.39 is 0 Å². The van der Waals surface area contributed by atoms with Crippen molar-refractivity contribution in [3.8, 4) is 23.0 Å². The average Bonchev–Trinajstić information content (AvgIpc) is 2.77. The lowest BCUT2D eigenvalue weighted by molar-refractivity contribution is 0.321. The molecule has 32 heavy (non-hydrogen) atoms. The van der Waals surface area contributed by atoms with Crippen LogP contribution in [0.5, 0.6) is 23.0 Å². The molecule has 0 saturated carbocycles. The van der Waals surface area contributed by atoms with E-state index >= 15 is 0 Å². The summed E-state index contributed by atoms with van der Waals surface area (Å²) >= 11 is 0. The zero-order valence-corrected chi connectivity index (χ0v) is 21.5. The minimum atomic E-state index is 0. The van der Waals surface area contributed by atoms with Crippen LogP contribution in [0.25, 0.3) is 0 Å². The van der Waals surface area contributed by atoms with Crippen molar-refractivity contribution in [2.24, 2.45) is 0 Å². The first-order chi connectivity index (χ1) is 14.2. The number of nitrogens with one attached hydrogen (secondary N) is 3. The molecule has 184 valence electrons. The fourth-order valence-corrected chi connectivity index (χ4v) is 3.02. The molecule has 0 saturated heterocycles. The highest BCUT2D eigenvalue weighted by molar-refractivity contribution is 5.86. The lowest BCUT2D eigenvalue weighted by atomic mass is 10.1. The van der Waals surface area contributed by atoms with Crippen LogP contribution in [0.4, 0.5) is 0 Å². The Kier molecular flexibility index (Phi) is 19.2. The highest BCUT2D eigenvalue weighted by atomic mass is 35.5. The molecule has 2 aromatic rings. The smallest absolute Gasteiger partial charge is 0.203 e. The maximum atomic E-state index is 5.51. The van der Waals surface area contributed by atoms with Crippen molar-refractivity contribution >= 4 is 37.2 Å². The first kappa shape index (κ1) is 32.6. The number of ether oxygens (including phenoxy) is 4. The second-order valence-electron chi connectivity index (χ2n) is 6.45. The van der Waals surface area contributed by atoms with Gasteiger partial charge in [0, 0.05) is 44.8 Å². The lowest BCUT2D eigenvalue weighted by Crippen LogP contribution is -2.32. The molecule has 10 heteroatoms. The van der Waals surface area contributed by atoms with Crippen LogP contribution < -0.4 is 34.9 Å². The summed E-state index contributed by atoms with van der Waals surface area (Å²) in [4.78, 5) is 0. The Bertz CT molecular complexity index is 754. The van der Waals surface area contributed by atoms with E-state index in [1.807, 2.05) is 30.3 Å². The van der Waals surface area contributed by atoms with Gasteiger partial charge in [0.1, 0.15) is 5.75 Å². The Labute approximate surface area is 210 Å². The summed E-state index contributed by atoms with van der Waals surface area (Å²) in [5.41, 5.74) is 2.25. The third kappa shape index (κ3) is 10.3. The van der Waals surface area contributed by atoms with Gasteiger partial charge in [0.05, 0.1) is 28.4 Å². The first-order valence-electron chi connectivity index (χ1n) is 9.76. The maximum Gasteiger partial charge on any atom is 0.203 e. The van der Waals surface area contributed by atoms with Gasteiger partial charge in [0.15, 0.2) is 11.5 Å². The third-order valence-corrected chi connectivity index (χ3v) is 4.52. The molecule has 0 aliphatic carbocycles. The van der Waals surface area contributed by atoms with Gasteiger partial charge >= 0.3 is 0 Å². The molecular formula is C22H36Cl3N3O4. The Morgan fingerprint density at radius 1 is 0.625 bits per heavy atom. The van der Waals surface area contributed by atoms with Crippen molar-refractivity contribution in [1.29, 1.82) is 0 Å². The number of rotatable bonds is 14. The molecule has 3 N–H and O–H groups in total. The van der Waals surface area contributed by atoms with Crippen LogP contribution in [0, 0.1) is 0 Å². The molecule has 0 amide bonds. The van der Waals surface area contributed by atoms with E-state index in [2.05, 4.69) is 22.0 Å². The molecule has 0 unspecified atom stereocenters. The SMILES string of the molecule is COc1cccc(CNCCNCCNCc2ccc(OC)c(OC)c2OC)c1.Cl.Cl.Cl. The number of benzene rings is 2. The van der Waals surface area contributed by atoms with Crippen LogP contribution in [0.15, 0.2) is 36.4 Å². The second kappa shape index (κ2) is 18.9. The number of halogens is 3. The van der Waals surface area contributed by atoms with Crippen molar-refractivity contribution in [3.63, 3.8) is 0 Å². The topological polar surface area (TPSA) is 73.0 Å². The normalized spacial score (nSPS) is 9.62. The van der Waals surface area contributed by atoms with Crippen LogP contribution in [-0.4, -0.2) is 54.6 Å². The van der Waals surface area contributed by atoms with E-state index in [0.717, 1.165) is 44.0 Å². The molecular weight excluding hydrogens is 477 g/mol. The summed E-state index contributed by atoms with van der Waals surface area (Å²) in [7, 11) is 6.56. The van der Waals surface area contributed by atoms with Gasteiger partial charge < -0.3 is 34.9 Å². The maximum absolute atomic E-state index is 5.51. The summed E-state index contributed by atoms with van der Waals surface area (Å²) in [6.07, 6.45) is 0. The molecule has 0 spiro atoms. The zero-order chi connectivity index (χ0) is 20.9. The number of methoxy groups -OCH3 is 4. The highest BCUT2D eigenvalue weighted by Crippen LogP contribution is 2.39. The van der Waals surface area contributed by atoms with Gasteiger partial charge in [-0.15, -0.1) is 37.2 Å². The first-order valence-corrected chi connectivity index (χ1v) is 9.76. The summed E-state index contributed by atoms with van der Waals surface area (Å²) < 4.78 is 21.5. The van der Waals surface area contributed by atoms with E-state index in [9.17, 15) is 0 Å². The Balaban J connectivity index is 0. The molecule has 0 atom stereocenters. The van der Waals surface area contributed by atoms with E-state index in [0.29, 0.717) is 23.8 Å². The predicted octanol–water partition coefficient (Wildman–Crippen LogP) is 3.46. The molecule has 0 aromatic heterocycles. The molecule has 0 aliphatic rings. The fourth-order valence-electron chi connectivity index (χ4n) is 3.02. The van der Waals surface area contributed by atoms with Crippen LogP contribution in [-0.2, 0) is 13.1 Å². The zero-order valence-electron chi connectivity index (χ0n) is 19.1. The Morgan fingerprint density at radius 3 is 1.84 bits per heavy atom. The monoisotopic (exact) mass is 511 g/mol. The molecule has 0 fully saturated rings. The van der Waals surface area contributed by atoms with E-state index in [4.69, 9.17) is 18.9 Å². The van der Waals surface area contributed by atoms with E-state index in [1.165, 1.54) is 5.56 Å². The van der Waals surface area contributed by atoms with Gasteiger partial charge in [-0.3, -0.25) is 0 Å². The lowest BCUT2D eigenvalue weighted by Gasteiger charge is -2.16. The summed E-state index contributed by atoms with van der Waals surface area (Å²) in [5, 5.41) is 10.3. The summed E-state index contributed by atoms with van der Waals surface area (Å²) in [6.45, 7) is 5.07. The van der Waals surface area contributed by atoms with Crippen LogP contribution in [0.1, 0.15) is 11.1 Å². The molecule has 0 bridgehead atoms. The van der Waals surface area contributed by atoms with Gasteiger partial charge in [-0.05, 0) is 23.8 Å². The summed E-state index contributed by atoms with van der Waals surface area (Å²) in [5.74, 6) is 2.87. The fraction of sp³-hybridized carbons (Fsp3) is 0.455.